The molecule has 0 aliphatic carbocycles. The minimum Gasteiger partial charge on any atom is -0.493 e. The van der Waals surface area contributed by atoms with Gasteiger partial charge >= 0.3 is 0 Å². The summed E-state index contributed by atoms with van der Waals surface area (Å²) >= 11 is 5.88. The summed E-state index contributed by atoms with van der Waals surface area (Å²) in [5, 5.41) is 0.744. The summed E-state index contributed by atoms with van der Waals surface area (Å²) in [5.41, 5.74) is 1.07. The molecular formula is C13H15ClN2O. The Morgan fingerprint density at radius 2 is 2.29 bits per heavy atom. The number of aromatic nitrogens is 2. The van der Waals surface area contributed by atoms with Crippen LogP contribution in [0.15, 0.2) is 36.9 Å². The lowest BCUT2D eigenvalue weighted by Crippen LogP contribution is -2.03. The first kappa shape index (κ1) is 12.0. The zero-order chi connectivity index (χ0) is 12.1. The normalized spacial score (nSPS) is 10.5. The quantitative estimate of drug-likeness (QED) is 0.762. The molecule has 0 bridgehead atoms. The number of hydrogen-bond donors (Lipinski definition) is 0. The van der Waals surface area contributed by atoms with E-state index in [4.69, 9.17) is 16.3 Å². The SMILES string of the molecule is Cc1cc(Cl)ccc1OCCCn1ccnc1. The highest BCUT2D eigenvalue weighted by Gasteiger charge is 2.00. The highest BCUT2D eigenvalue weighted by Crippen LogP contribution is 2.21. The van der Waals surface area contributed by atoms with Crippen LogP contribution in [0.25, 0.3) is 0 Å². The Balaban J connectivity index is 1.78. The molecule has 1 aromatic heterocycles. The monoisotopic (exact) mass is 250 g/mol. The van der Waals surface area contributed by atoms with Gasteiger partial charge in [-0.2, -0.15) is 0 Å². The third-order valence-corrected chi connectivity index (χ3v) is 2.75. The molecule has 1 aromatic carbocycles. The van der Waals surface area contributed by atoms with Crippen LogP contribution < -0.4 is 4.74 Å². The van der Waals surface area contributed by atoms with E-state index in [9.17, 15) is 0 Å². The van der Waals surface area contributed by atoms with Gasteiger partial charge in [0.15, 0.2) is 0 Å². The molecule has 0 saturated heterocycles. The van der Waals surface area contributed by atoms with Crippen LogP contribution >= 0.6 is 11.6 Å². The second kappa shape index (κ2) is 5.73. The predicted molar refractivity (Wildman–Crippen MR) is 68.5 cm³/mol. The third-order valence-electron chi connectivity index (χ3n) is 2.51. The van der Waals surface area contributed by atoms with Crippen molar-refractivity contribution < 1.29 is 4.74 Å². The van der Waals surface area contributed by atoms with Crippen LogP contribution in [0.5, 0.6) is 5.75 Å². The molecule has 0 fully saturated rings. The van der Waals surface area contributed by atoms with E-state index in [1.54, 1.807) is 6.20 Å². The van der Waals surface area contributed by atoms with Crippen molar-refractivity contribution in [2.75, 3.05) is 6.61 Å². The summed E-state index contributed by atoms with van der Waals surface area (Å²) in [5.74, 6) is 0.903. The van der Waals surface area contributed by atoms with Crippen molar-refractivity contribution in [1.82, 2.24) is 9.55 Å². The van der Waals surface area contributed by atoms with E-state index in [2.05, 4.69) is 4.98 Å². The molecule has 0 radical (unpaired) electrons. The molecule has 2 aromatic rings. The maximum absolute atomic E-state index is 5.88. The summed E-state index contributed by atoms with van der Waals surface area (Å²) in [6.07, 6.45) is 6.50. The average molecular weight is 251 g/mol. The van der Waals surface area contributed by atoms with Crippen molar-refractivity contribution in [2.45, 2.75) is 19.9 Å². The number of halogens is 1. The van der Waals surface area contributed by atoms with Gasteiger partial charge < -0.3 is 9.30 Å². The van der Waals surface area contributed by atoms with Crippen molar-refractivity contribution in [3.8, 4) is 5.75 Å². The summed E-state index contributed by atoms with van der Waals surface area (Å²) in [6.45, 7) is 3.62. The van der Waals surface area contributed by atoms with E-state index >= 15 is 0 Å². The van der Waals surface area contributed by atoms with E-state index < -0.39 is 0 Å². The minimum absolute atomic E-state index is 0.695. The van der Waals surface area contributed by atoms with Crippen molar-refractivity contribution >= 4 is 11.6 Å². The number of benzene rings is 1. The van der Waals surface area contributed by atoms with Gasteiger partial charge in [-0.1, -0.05) is 11.6 Å². The number of hydrogen-bond acceptors (Lipinski definition) is 2. The standard InChI is InChI=1S/C13H15ClN2O/c1-11-9-12(14)3-4-13(11)17-8-2-6-16-7-5-15-10-16/h3-5,7,9-10H,2,6,8H2,1H3. The van der Waals surface area contributed by atoms with Crippen molar-refractivity contribution in [1.29, 1.82) is 0 Å². The average Bonchev–Trinajstić information content (AvgIpc) is 2.79. The summed E-state index contributed by atoms with van der Waals surface area (Å²) in [4.78, 5) is 3.99. The molecule has 0 aliphatic heterocycles. The van der Waals surface area contributed by atoms with Crippen LogP contribution in [-0.2, 0) is 6.54 Å². The Kier molecular flexibility index (Phi) is 4.04. The topological polar surface area (TPSA) is 27.1 Å². The van der Waals surface area contributed by atoms with Gasteiger partial charge in [-0.15, -0.1) is 0 Å². The lowest BCUT2D eigenvalue weighted by atomic mass is 10.2. The Hall–Kier alpha value is -1.48. The molecule has 17 heavy (non-hydrogen) atoms. The number of imidazole rings is 1. The van der Waals surface area contributed by atoms with Crippen molar-refractivity contribution in [3.05, 3.63) is 47.5 Å². The first-order chi connectivity index (χ1) is 8.25. The fraction of sp³-hybridized carbons (Fsp3) is 0.308. The molecule has 0 atom stereocenters. The van der Waals surface area contributed by atoms with Gasteiger partial charge in [-0.3, -0.25) is 0 Å². The molecular weight excluding hydrogens is 236 g/mol. The largest absolute Gasteiger partial charge is 0.493 e. The van der Waals surface area contributed by atoms with Crippen LogP contribution in [0.4, 0.5) is 0 Å². The van der Waals surface area contributed by atoms with E-state index in [1.165, 1.54) is 0 Å². The maximum Gasteiger partial charge on any atom is 0.122 e. The molecule has 0 unspecified atom stereocenters. The fourth-order valence-electron chi connectivity index (χ4n) is 1.62. The summed E-state index contributed by atoms with van der Waals surface area (Å²) < 4.78 is 7.74. The molecule has 2 rings (SSSR count). The van der Waals surface area contributed by atoms with Crippen LogP contribution in [0.2, 0.25) is 5.02 Å². The summed E-state index contributed by atoms with van der Waals surface area (Å²) in [7, 11) is 0. The van der Waals surface area contributed by atoms with Gasteiger partial charge in [-0.05, 0) is 37.1 Å². The van der Waals surface area contributed by atoms with E-state index in [0.29, 0.717) is 6.61 Å². The molecule has 1 heterocycles. The number of aryl methyl sites for hydroxylation is 2. The van der Waals surface area contributed by atoms with Crippen LogP contribution in [0.3, 0.4) is 0 Å². The summed E-state index contributed by atoms with van der Waals surface area (Å²) in [6, 6.07) is 5.67. The second-order valence-corrected chi connectivity index (χ2v) is 4.35. The van der Waals surface area contributed by atoms with Gasteiger partial charge in [0.2, 0.25) is 0 Å². The van der Waals surface area contributed by atoms with Gasteiger partial charge in [0.25, 0.3) is 0 Å². The number of ether oxygens (including phenoxy) is 1. The predicted octanol–water partition coefficient (Wildman–Crippen LogP) is 3.31. The van der Waals surface area contributed by atoms with Gasteiger partial charge in [0.05, 0.1) is 12.9 Å². The number of nitrogens with zero attached hydrogens (tertiary/aromatic N) is 2. The fourth-order valence-corrected chi connectivity index (χ4v) is 1.85. The molecule has 0 saturated carbocycles. The molecule has 0 N–H and O–H groups in total. The Bertz CT molecular complexity index is 468. The molecule has 0 spiro atoms. The number of rotatable bonds is 5. The Morgan fingerprint density at radius 3 is 3.00 bits per heavy atom. The third kappa shape index (κ3) is 3.49. The maximum atomic E-state index is 5.88. The molecule has 0 aliphatic rings. The zero-order valence-electron chi connectivity index (χ0n) is 9.77. The molecule has 3 nitrogen and oxygen atoms in total. The first-order valence-electron chi connectivity index (χ1n) is 5.60. The highest BCUT2D eigenvalue weighted by atomic mass is 35.5. The van der Waals surface area contributed by atoms with Crippen LogP contribution in [0, 0.1) is 6.92 Å². The Morgan fingerprint density at radius 1 is 1.41 bits per heavy atom. The van der Waals surface area contributed by atoms with Crippen molar-refractivity contribution in [3.63, 3.8) is 0 Å². The molecule has 0 amide bonds. The van der Waals surface area contributed by atoms with Crippen molar-refractivity contribution in [2.24, 2.45) is 0 Å². The van der Waals surface area contributed by atoms with E-state index in [0.717, 1.165) is 29.3 Å². The lowest BCUT2D eigenvalue weighted by Gasteiger charge is -2.09. The highest BCUT2D eigenvalue weighted by molar-refractivity contribution is 6.30. The van der Waals surface area contributed by atoms with Crippen LogP contribution in [-0.4, -0.2) is 16.2 Å². The zero-order valence-corrected chi connectivity index (χ0v) is 10.5. The van der Waals surface area contributed by atoms with E-state index in [1.807, 2.05) is 42.2 Å². The molecule has 90 valence electrons. The Labute approximate surface area is 106 Å². The second-order valence-electron chi connectivity index (χ2n) is 3.91. The smallest absolute Gasteiger partial charge is 0.122 e. The van der Waals surface area contributed by atoms with E-state index in [-0.39, 0.29) is 0 Å². The van der Waals surface area contributed by atoms with Gasteiger partial charge in [0, 0.05) is 24.0 Å². The van der Waals surface area contributed by atoms with Crippen LogP contribution in [0.1, 0.15) is 12.0 Å². The lowest BCUT2D eigenvalue weighted by molar-refractivity contribution is 0.300. The first-order valence-corrected chi connectivity index (χ1v) is 5.98. The minimum atomic E-state index is 0.695. The van der Waals surface area contributed by atoms with Gasteiger partial charge in [0.1, 0.15) is 5.75 Å². The van der Waals surface area contributed by atoms with Gasteiger partial charge in [-0.25, -0.2) is 4.98 Å². The molecule has 4 heteroatoms.